The summed E-state index contributed by atoms with van der Waals surface area (Å²) in [5.41, 5.74) is 0. The van der Waals surface area contributed by atoms with E-state index in [0.717, 1.165) is 12.8 Å². The normalized spacial score (nSPS) is 26.4. The second-order valence-corrected chi connectivity index (χ2v) is 4.79. The Morgan fingerprint density at radius 2 is 2.20 bits per heavy atom. The topological polar surface area (TPSA) is 57.6 Å². The largest absolute Gasteiger partial charge is 0.480 e. The van der Waals surface area contributed by atoms with Gasteiger partial charge in [0.2, 0.25) is 5.91 Å². The average Bonchev–Trinajstić information content (AvgIpc) is 2.17. The summed E-state index contributed by atoms with van der Waals surface area (Å²) in [6.07, 6.45) is 3.64. The molecule has 5 heteroatoms. The Kier molecular flexibility index (Phi) is 4.45. The van der Waals surface area contributed by atoms with Crippen LogP contribution in [-0.4, -0.2) is 46.5 Å². The van der Waals surface area contributed by atoms with E-state index in [1.807, 2.05) is 13.2 Å². The number of carbonyl (C=O) groups is 2. The highest BCUT2D eigenvalue weighted by Crippen LogP contribution is 2.24. The molecule has 1 amide bonds. The quantitative estimate of drug-likeness (QED) is 0.789. The Morgan fingerprint density at radius 3 is 2.73 bits per heavy atom. The van der Waals surface area contributed by atoms with Gasteiger partial charge in [0.25, 0.3) is 0 Å². The molecule has 1 saturated heterocycles. The molecule has 0 bridgehead atoms. The highest BCUT2D eigenvalue weighted by atomic mass is 32.2. The molecule has 1 rings (SSSR count). The van der Waals surface area contributed by atoms with Crippen molar-refractivity contribution in [3.63, 3.8) is 0 Å². The Balaban J connectivity index is 2.74. The molecular weight excluding hydrogens is 214 g/mol. The fraction of sp³-hybridized carbons (Fsp3) is 0.800. The zero-order valence-corrected chi connectivity index (χ0v) is 9.92. The second-order valence-electron chi connectivity index (χ2n) is 3.92. The lowest BCUT2D eigenvalue weighted by atomic mass is 9.91. The fourth-order valence-electron chi connectivity index (χ4n) is 2.05. The monoisotopic (exact) mass is 231 g/mol. The average molecular weight is 231 g/mol. The summed E-state index contributed by atoms with van der Waals surface area (Å²) in [6, 6.07) is -0.626. The smallest absolute Gasteiger partial charge is 0.326 e. The van der Waals surface area contributed by atoms with Crippen molar-refractivity contribution < 1.29 is 14.7 Å². The number of carbonyl (C=O) groups excluding carboxylic acids is 1. The Hall–Kier alpha value is -0.710. The van der Waals surface area contributed by atoms with Crippen LogP contribution in [0.15, 0.2) is 0 Å². The molecule has 1 fully saturated rings. The molecule has 1 heterocycles. The summed E-state index contributed by atoms with van der Waals surface area (Å²) in [7, 11) is 0. The fourth-order valence-corrected chi connectivity index (χ4v) is 2.46. The third-order valence-electron chi connectivity index (χ3n) is 2.77. The van der Waals surface area contributed by atoms with Gasteiger partial charge < -0.3 is 10.0 Å². The van der Waals surface area contributed by atoms with Crippen molar-refractivity contribution in [3.8, 4) is 0 Å². The molecule has 0 radical (unpaired) electrons. The first-order valence-corrected chi connectivity index (χ1v) is 6.48. The van der Waals surface area contributed by atoms with Crippen molar-refractivity contribution >= 4 is 23.6 Å². The summed E-state index contributed by atoms with van der Waals surface area (Å²) in [5, 5.41) is 9.10. The number of carboxylic acid groups (broad SMARTS) is 1. The van der Waals surface area contributed by atoms with Gasteiger partial charge in [0.15, 0.2) is 0 Å². The third-order valence-corrected chi connectivity index (χ3v) is 3.31. The number of hydrogen-bond donors (Lipinski definition) is 1. The third kappa shape index (κ3) is 2.87. The van der Waals surface area contributed by atoms with Crippen LogP contribution in [0.5, 0.6) is 0 Å². The van der Waals surface area contributed by atoms with E-state index >= 15 is 0 Å². The first-order valence-electron chi connectivity index (χ1n) is 5.09. The number of amides is 1. The van der Waals surface area contributed by atoms with E-state index in [9.17, 15) is 9.59 Å². The Morgan fingerprint density at radius 1 is 1.53 bits per heavy atom. The maximum absolute atomic E-state index is 11.7. The summed E-state index contributed by atoms with van der Waals surface area (Å²) >= 11 is 1.43. The molecule has 0 saturated carbocycles. The van der Waals surface area contributed by atoms with Crippen molar-refractivity contribution in [2.24, 2.45) is 5.92 Å². The number of likely N-dealkylation sites (tertiary alicyclic amines) is 1. The van der Waals surface area contributed by atoms with E-state index in [4.69, 9.17) is 5.11 Å². The predicted molar refractivity (Wildman–Crippen MR) is 59.9 cm³/mol. The van der Waals surface area contributed by atoms with E-state index in [2.05, 4.69) is 0 Å². The van der Waals surface area contributed by atoms with Crippen LogP contribution in [0.2, 0.25) is 0 Å². The van der Waals surface area contributed by atoms with Gasteiger partial charge in [0, 0.05) is 6.54 Å². The number of aliphatic carboxylic acids is 1. The van der Waals surface area contributed by atoms with E-state index in [-0.39, 0.29) is 11.8 Å². The van der Waals surface area contributed by atoms with E-state index in [1.54, 1.807) is 0 Å². The maximum atomic E-state index is 11.7. The lowest BCUT2D eigenvalue weighted by molar-refractivity contribution is -0.153. The molecule has 1 aliphatic heterocycles. The van der Waals surface area contributed by atoms with Gasteiger partial charge in [-0.1, -0.05) is 6.92 Å². The van der Waals surface area contributed by atoms with Gasteiger partial charge >= 0.3 is 5.97 Å². The second kappa shape index (κ2) is 5.39. The first-order chi connectivity index (χ1) is 7.07. The van der Waals surface area contributed by atoms with Crippen LogP contribution in [-0.2, 0) is 9.59 Å². The summed E-state index contributed by atoms with van der Waals surface area (Å²) in [4.78, 5) is 24.3. The van der Waals surface area contributed by atoms with E-state index in [0.29, 0.717) is 12.3 Å². The highest BCUT2D eigenvalue weighted by Gasteiger charge is 2.36. The van der Waals surface area contributed by atoms with Crippen LogP contribution in [0.25, 0.3) is 0 Å². The van der Waals surface area contributed by atoms with Gasteiger partial charge in [-0.2, -0.15) is 11.8 Å². The number of hydrogen-bond acceptors (Lipinski definition) is 3. The number of carboxylic acids is 1. The molecular formula is C10H17NO3S. The van der Waals surface area contributed by atoms with E-state index < -0.39 is 12.0 Å². The van der Waals surface area contributed by atoms with Crippen LogP contribution in [0.1, 0.15) is 19.8 Å². The Labute approximate surface area is 94.0 Å². The van der Waals surface area contributed by atoms with Gasteiger partial charge in [-0.15, -0.1) is 0 Å². The molecule has 0 aromatic rings. The molecule has 0 aliphatic carbocycles. The number of rotatable bonds is 3. The van der Waals surface area contributed by atoms with Gasteiger partial charge in [-0.3, -0.25) is 4.79 Å². The summed E-state index contributed by atoms with van der Waals surface area (Å²) in [5.74, 6) is -0.503. The summed E-state index contributed by atoms with van der Waals surface area (Å²) in [6.45, 7) is 2.48. The van der Waals surface area contributed by atoms with Gasteiger partial charge in [0.1, 0.15) is 6.04 Å². The molecule has 4 nitrogen and oxygen atoms in total. The van der Waals surface area contributed by atoms with Crippen LogP contribution in [0, 0.1) is 5.92 Å². The lowest BCUT2D eigenvalue weighted by Gasteiger charge is -2.37. The van der Waals surface area contributed by atoms with E-state index in [1.165, 1.54) is 16.7 Å². The molecule has 15 heavy (non-hydrogen) atoms. The lowest BCUT2D eigenvalue weighted by Crippen LogP contribution is -2.52. The number of thioether (sulfide) groups is 1. The van der Waals surface area contributed by atoms with Crippen LogP contribution in [0.3, 0.4) is 0 Å². The van der Waals surface area contributed by atoms with Gasteiger partial charge in [-0.25, -0.2) is 4.79 Å². The first kappa shape index (κ1) is 12.4. The molecule has 2 atom stereocenters. The minimum Gasteiger partial charge on any atom is -0.480 e. The maximum Gasteiger partial charge on any atom is 0.326 e. The molecule has 0 aromatic heterocycles. The van der Waals surface area contributed by atoms with Gasteiger partial charge in [0.05, 0.1) is 5.75 Å². The molecule has 1 aliphatic rings. The minimum absolute atomic E-state index is 0.0542. The molecule has 1 N–H and O–H groups in total. The van der Waals surface area contributed by atoms with Crippen molar-refractivity contribution in [2.45, 2.75) is 25.8 Å². The SMILES string of the molecule is CSCC(=O)N1CCCC(C)C1C(=O)O. The highest BCUT2D eigenvalue weighted by molar-refractivity contribution is 7.99. The molecule has 0 spiro atoms. The van der Waals surface area contributed by atoms with Crippen molar-refractivity contribution in [1.82, 2.24) is 4.90 Å². The van der Waals surface area contributed by atoms with Crippen molar-refractivity contribution in [3.05, 3.63) is 0 Å². The minimum atomic E-state index is -0.878. The van der Waals surface area contributed by atoms with Gasteiger partial charge in [-0.05, 0) is 25.0 Å². The number of nitrogens with zero attached hydrogens (tertiary/aromatic N) is 1. The number of piperidine rings is 1. The summed E-state index contributed by atoms with van der Waals surface area (Å²) < 4.78 is 0. The standard InChI is InChI=1S/C10H17NO3S/c1-7-4-3-5-11(8(12)6-15-2)9(7)10(13)14/h7,9H,3-6H2,1-2H3,(H,13,14). The molecule has 0 aromatic carbocycles. The zero-order valence-electron chi connectivity index (χ0n) is 9.10. The zero-order chi connectivity index (χ0) is 11.4. The Bertz CT molecular complexity index is 257. The molecule has 86 valence electrons. The van der Waals surface area contributed by atoms with Crippen LogP contribution < -0.4 is 0 Å². The van der Waals surface area contributed by atoms with Crippen LogP contribution >= 0.6 is 11.8 Å². The van der Waals surface area contributed by atoms with Crippen molar-refractivity contribution in [2.75, 3.05) is 18.6 Å². The molecule has 2 unspecified atom stereocenters. The van der Waals surface area contributed by atoms with Crippen molar-refractivity contribution in [1.29, 1.82) is 0 Å². The predicted octanol–water partition coefficient (Wildman–Crippen LogP) is 1.06. The van der Waals surface area contributed by atoms with Crippen LogP contribution in [0.4, 0.5) is 0 Å².